The lowest BCUT2D eigenvalue weighted by Gasteiger charge is -2.11. The molecule has 0 spiro atoms. The van der Waals surface area contributed by atoms with Crippen LogP contribution in [0.3, 0.4) is 0 Å². The van der Waals surface area contributed by atoms with Gasteiger partial charge in [-0.15, -0.1) is 0 Å². The number of benzene rings is 2. The van der Waals surface area contributed by atoms with Gasteiger partial charge in [-0.3, -0.25) is 4.79 Å². The zero-order chi connectivity index (χ0) is 23.3. The van der Waals surface area contributed by atoms with Gasteiger partial charge >= 0.3 is 5.97 Å². The second kappa shape index (κ2) is 10.4. The first-order valence-electron chi connectivity index (χ1n) is 10.3. The van der Waals surface area contributed by atoms with Crippen LogP contribution in [0, 0.1) is 13.8 Å². The monoisotopic (exact) mass is 495 g/mol. The number of hydrogen-bond donors (Lipinski definition) is 1. The van der Waals surface area contributed by atoms with Gasteiger partial charge in [0.25, 0.3) is 0 Å². The van der Waals surface area contributed by atoms with Gasteiger partial charge in [-0.05, 0) is 75.7 Å². The van der Waals surface area contributed by atoms with Crippen LogP contribution in [-0.4, -0.2) is 28.8 Å². The average Bonchev–Trinajstić information content (AvgIpc) is 3.02. The quantitative estimate of drug-likeness (QED) is 0.281. The SMILES string of the molecule is Cc1cc(/C=N\NC(=O)Cc2ccc(Br)cc2)c(C)n1-c1ccc(C(=O)OC(C)C)cc1. The molecule has 0 saturated heterocycles. The summed E-state index contributed by atoms with van der Waals surface area (Å²) in [6.07, 6.45) is 1.75. The molecule has 0 bridgehead atoms. The summed E-state index contributed by atoms with van der Waals surface area (Å²) in [7, 11) is 0. The number of halogens is 1. The van der Waals surface area contributed by atoms with Gasteiger partial charge in [0, 0.05) is 27.1 Å². The van der Waals surface area contributed by atoms with Gasteiger partial charge in [0.2, 0.25) is 5.91 Å². The predicted octanol–water partition coefficient (Wildman–Crippen LogP) is 5.11. The predicted molar refractivity (Wildman–Crippen MR) is 129 cm³/mol. The van der Waals surface area contributed by atoms with E-state index in [1.165, 1.54) is 0 Å². The molecule has 1 amide bonds. The summed E-state index contributed by atoms with van der Waals surface area (Å²) < 4.78 is 8.28. The molecule has 32 heavy (non-hydrogen) atoms. The Morgan fingerprint density at radius 2 is 1.75 bits per heavy atom. The van der Waals surface area contributed by atoms with Crippen molar-refractivity contribution in [1.29, 1.82) is 0 Å². The van der Waals surface area contributed by atoms with E-state index in [0.29, 0.717) is 5.56 Å². The summed E-state index contributed by atoms with van der Waals surface area (Å²) in [6.45, 7) is 7.63. The third kappa shape index (κ3) is 5.95. The van der Waals surface area contributed by atoms with Gasteiger partial charge in [0.15, 0.2) is 0 Å². The molecule has 0 unspecified atom stereocenters. The highest BCUT2D eigenvalue weighted by molar-refractivity contribution is 9.10. The van der Waals surface area contributed by atoms with Crippen molar-refractivity contribution in [3.63, 3.8) is 0 Å². The van der Waals surface area contributed by atoms with Crippen LogP contribution in [0.25, 0.3) is 5.69 Å². The first-order valence-corrected chi connectivity index (χ1v) is 11.1. The molecule has 1 aromatic heterocycles. The van der Waals surface area contributed by atoms with Gasteiger partial charge in [-0.1, -0.05) is 28.1 Å². The normalized spacial score (nSPS) is 11.2. The maximum atomic E-state index is 12.1. The number of nitrogens with zero attached hydrogens (tertiary/aromatic N) is 2. The Labute approximate surface area is 196 Å². The highest BCUT2D eigenvalue weighted by Crippen LogP contribution is 2.20. The summed E-state index contributed by atoms with van der Waals surface area (Å²) in [4.78, 5) is 24.2. The van der Waals surface area contributed by atoms with Crippen LogP contribution in [-0.2, 0) is 16.0 Å². The molecule has 0 saturated carbocycles. The summed E-state index contributed by atoms with van der Waals surface area (Å²) >= 11 is 3.38. The minimum absolute atomic E-state index is 0.159. The van der Waals surface area contributed by atoms with E-state index in [-0.39, 0.29) is 24.4 Å². The van der Waals surface area contributed by atoms with E-state index in [0.717, 1.165) is 32.7 Å². The van der Waals surface area contributed by atoms with Crippen molar-refractivity contribution >= 4 is 34.0 Å². The highest BCUT2D eigenvalue weighted by Gasteiger charge is 2.12. The second-order valence-corrected chi connectivity index (χ2v) is 8.67. The molecule has 1 heterocycles. The lowest BCUT2D eigenvalue weighted by atomic mass is 10.1. The number of carbonyl (C=O) groups is 2. The van der Waals surface area contributed by atoms with Gasteiger partial charge in [0.05, 0.1) is 24.3 Å². The molecule has 2 aromatic carbocycles. The number of ether oxygens (including phenoxy) is 1. The molecule has 1 N–H and O–H groups in total. The number of amides is 1. The molecule has 0 fully saturated rings. The number of aromatic nitrogens is 1. The van der Waals surface area contributed by atoms with Crippen LogP contribution in [0.15, 0.2) is 64.2 Å². The first kappa shape index (κ1) is 23.5. The minimum Gasteiger partial charge on any atom is -0.459 e. The molecular formula is C25H26BrN3O3. The third-order valence-corrected chi connectivity index (χ3v) is 5.37. The van der Waals surface area contributed by atoms with E-state index in [9.17, 15) is 9.59 Å². The molecule has 0 aliphatic heterocycles. The third-order valence-electron chi connectivity index (χ3n) is 4.85. The van der Waals surface area contributed by atoms with Crippen molar-refractivity contribution < 1.29 is 14.3 Å². The van der Waals surface area contributed by atoms with Crippen LogP contribution in [0.4, 0.5) is 0 Å². The first-order chi connectivity index (χ1) is 15.2. The van der Waals surface area contributed by atoms with E-state index in [1.54, 1.807) is 18.3 Å². The number of rotatable bonds is 7. The smallest absolute Gasteiger partial charge is 0.338 e. The van der Waals surface area contributed by atoms with Crippen LogP contribution in [0.2, 0.25) is 0 Å². The molecule has 0 atom stereocenters. The maximum absolute atomic E-state index is 12.1. The highest BCUT2D eigenvalue weighted by atomic mass is 79.9. The van der Waals surface area contributed by atoms with Crippen molar-refractivity contribution in [3.8, 4) is 5.69 Å². The van der Waals surface area contributed by atoms with Gasteiger partial charge in [-0.2, -0.15) is 5.10 Å². The van der Waals surface area contributed by atoms with E-state index in [4.69, 9.17) is 4.74 Å². The molecule has 7 heteroatoms. The summed E-state index contributed by atoms with van der Waals surface area (Å²) in [5.74, 6) is -0.513. The fourth-order valence-electron chi connectivity index (χ4n) is 3.35. The Bertz CT molecular complexity index is 1130. The number of aryl methyl sites for hydroxylation is 1. The van der Waals surface area contributed by atoms with Crippen molar-refractivity contribution in [2.45, 2.75) is 40.2 Å². The van der Waals surface area contributed by atoms with E-state index < -0.39 is 0 Å². The molecule has 6 nitrogen and oxygen atoms in total. The van der Waals surface area contributed by atoms with Crippen LogP contribution in [0.5, 0.6) is 0 Å². The Balaban J connectivity index is 1.68. The number of carbonyl (C=O) groups excluding carboxylic acids is 2. The van der Waals surface area contributed by atoms with Crippen molar-refractivity contribution in [1.82, 2.24) is 9.99 Å². The van der Waals surface area contributed by atoms with Gasteiger partial charge in [0.1, 0.15) is 0 Å². The van der Waals surface area contributed by atoms with E-state index in [1.807, 2.05) is 70.2 Å². The van der Waals surface area contributed by atoms with Crippen molar-refractivity contribution in [2.24, 2.45) is 5.10 Å². The molecule has 0 aliphatic rings. The maximum Gasteiger partial charge on any atom is 0.338 e. The Morgan fingerprint density at radius 3 is 2.38 bits per heavy atom. The largest absolute Gasteiger partial charge is 0.459 e. The molecular weight excluding hydrogens is 470 g/mol. The number of hydrazone groups is 1. The standard InChI is InChI=1S/C25H26BrN3O3/c1-16(2)32-25(31)20-7-11-23(12-8-20)29-17(3)13-21(18(29)4)15-27-28-24(30)14-19-5-9-22(26)10-6-19/h5-13,15-16H,14H2,1-4H3,(H,28,30)/b27-15-. The van der Waals surface area contributed by atoms with Crippen molar-refractivity contribution in [3.05, 3.63) is 87.1 Å². The van der Waals surface area contributed by atoms with Gasteiger partial charge in [-0.25, -0.2) is 10.2 Å². The Kier molecular flexibility index (Phi) is 7.64. The molecule has 3 aromatic rings. The van der Waals surface area contributed by atoms with E-state index >= 15 is 0 Å². The molecule has 166 valence electrons. The summed E-state index contributed by atoms with van der Waals surface area (Å²) in [5.41, 5.74) is 7.84. The lowest BCUT2D eigenvalue weighted by Crippen LogP contribution is -2.19. The Morgan fingerprint density at radius 1 is 1.09 bits per heavy atom. The van der Waals surface area contributed by atoms with Gasteiger partial charge < -0.3 is 9.30 Å². The molecule has 3 rings (SSSR count). The van der Waals surface area contributed by atoms with Crippen molar-refractivity contribution in [2.75, 3.05) is 0 Å². The topological polar surface area (TPSA) is 72.7 Å². The fraction of sp³-hybridized carbons (Fsp3) is 0.240. The minimum atomic E-state index is -0.334. The zero-order valence-corrected chi connectivity index (χ0v) is 20.1. The fourth-order valence-corrected chi connectivity index (χ4v) is 3.61. The summed E-state index contributed by atoms with van der Waals surface area (Å²) in [5, 5.41) is 4.12. The average molecular weight is 496 g/mol. The van der Waals surface area contributed by atoms with Crippen LogP contribution in [0.1, 0.15) is 46.7 Å². The second-order valence-electron chi connectivity index (χ2n) is 7.76. The van der Waals surface area contributed by atoms with Crippen LogP contribution >= 0.6 is 15.9 Å². The zero-order valence-electron chi connectivity index (χ0n) is 18.6. The molecule has 0 aliphatic carbocycles. The Hall–Kier alpha value is -3.19. The van der Waals surface area contributed by atoms with E-state index in [2.05, 4.69) is 31.0 Å². The summed E-state index contributed by atoms with van der Waals surface area (Å²) in [6, 6.07) is 16.9. The van der Waals surface area contributed by atoms with Crippen LogP contribution < -0.4 is 5.43 Å². The number of hydrogen-bond acceptors (Lipinski definition) is 4. The number of nitrogens with one attached hydrogen (secondary N) is 1. The number of esters is 1. The lowest BCUT2D eigenvalue weighted by molar-refractivity contribution is -0.120. The molecule has 0 radical (unpaired) electrons.